The summed E-state index contributed by atoms with van der Waals surface area (Å²) in [4.78, 5) is 10.9. The van der Waals surface area contributed by atoms with Crippen LogP contribution in [0, 0.1) is 5.92 Å². The third-order valence-electron chi connectivity index (χ3n) is 2.81. The van der Waals surface area contributed by atoms with Crippen LogP contribution in [-0.2, 0) is 11.3 Å². The third kappa shape index (κ3) is 5.44. The van der Waals surface area contributed by atoms with Gasteiger partial charge in [0.1, 0.15) is 0 Å². The lowest BCUT2D eigenvalue weighted by Crippen LogP contribution is -2.23. The number of hydrogen-bond acceptors (Lipinski definition) is 4. The van der Waals surface area contributed by atoms with Crippen LogP contribution in [0.3, 0.4) is 0 Å². The highest BCUT2D eigenvalue weighted by Gasteiger charge is 2.19. The average Bonchev–Trinajstić information content (AvgIpc) is 2.40. The SMILES string of the molecule is COc1cc(CNCC(C)C)cc(Cl)c1OC(C)C(=O)O. The van der Waals surface area contributed by atoms with Crippen LogP contribution in [-0.4, -0.2) is 30.8 Å². The second-order valence-corrected chi connectivity index (χ2v) is 5.64. The molecule has 0 heterocycles. The smallest absolute Gasteiger partial charge is 0.344 e. The Labute approximate surface area is 130 Å². The molecule has 0 fully saturated rings. The minimum Gasteiger partial charge on any atom is -0.493 e. The first-order valence-corrected chi connectivity index (χ1v) is 7.19. The summed E-state index contributed by atoms with van der Waals surface area (Å²) in [6, 6.07) is 3.55. The van der Waals surface area contributed by atoms with E-state index < -0.39 is 12.1 Å². The van der Waals surface area contributed by atoms with Crippen molar-refractivity contribution in [3.05, 3.63) is 22.7 Å². The van der Waals surface area contributed by atoms with E-state index >= 15 is 0 Å². The molecule has 2 N–H and O–H groups in total. The zero-order valence-electron chi connectivity index (χ0n) is 12.8. The first-order valence-electron chi connectivity index (χ1n) is 6.81. The van der Waals surface area contributed by atoms with Gasteiger partial charge in [0.15, 0.2) is 17.6 Å². The number of hydrogen-bond donors (Lipinski definition) is 2. The van der Waals surface area contributed by atoms with Crippen molar-refractivity contribution >= 4 is 17.6 Å². The van der Waals surface area contributed by atoms with Gasteiger partial charge < -0.3 is 19.9 Å². The molecule has 0 radical (unpaired) electrons. The summed E-state index contributed by atoms with van der Waals surface area (Å²) in [6.07, 6.45) is -0.999. The summed E-state index contributed by atoms with van der Waals surface area (Å²) in [5.41, 5.74) is 0.952. The van der Waals surface area contributed by atoms with Crippen molar-refractivity contribution in [1.82, 2.24) is 5.32 Å². The van der Waals surface area contributed by atoms with Crippen LogP contribution in [0.2, 0.25) is 5.02 Å². The van der Waals surface area contributed by atoms with Crippen molar-refractivity contribution in [2.24, 2.45) is 5.92 Å². The molecular formula is C15H22ClNO4. The molecule has 0 saturated heterocycles. The van der Waals surface area contributed by atoms with Crippen molar-refractivity contribution in [3.63, 3.8) is 0 Å². The van der Waals surface area contributed by atoms with Gasteiger partial charge in [0, 0.05) is 6.54 Å². The van der Waals surface area contributed by atoms with E-state index in [-0.39, 0.29) is 5.75 Å². The number of methoxy groups -OCH3 is 1. The Morgan fingerprint density at radius 1 is 1.38 bits per heavy atom. The predicted molar refractivity (Wildman–Crippen MR) is 82.3 cm³/mol. The second kappa shape index (κ2) is 8.10. The molecule has 1 unspecified atom stereocenters. The molecule has 1 aromatic rings. The molecule has 0 aliphatic carbocycles. The van der Waals surface area contributed by atoms with Gasteiger partial charge in [-0.05, 0) is 37.1 Å². The Morgan fingerprint density at radius 3 is 2.57 bits per heavy atom. The quantitative estimate of drug-likeness (QED) is 0.772. The van der Waals surface area contributed by atoms with Crippen LogP contribution in [0.4, 0.5) is 0 Å². The zero-order valence-corrected chi connectivity index (χ0v) is 13.5. The van der Waals surface area contributed by atoms with Gasteiger partial charge in [0.05, 0.1) is 12.1 Å². The summed E-state index contributed by atoms with van der Waals surface area (Å²) < 4.78 is 10.6. The minimum absolute atomic E-state index is 0.252. The summed E-state index contributed by atoms with van der Waals surface area (Å²) >= 11 is 6.18. The summed E-state index contributed by atoms with van der Waals surface area (Å²) in [7, 11) is 1.50. The number of nitrogens with one attached hydrogen (secondary N) is 1. The van der Waals surface area contributed by atoms with E-state index in [1.54, 1.807) is 12.1 Å². The second-order valence-electron chi connectivity index (χ2n) is 5.23. The van der Waals surface area contributed by atoms with Gasteiger partial charge in [0.25, 0.3) is 0 Å². The van der Waals surface area contributed by atoms with Crippen LogP contribution in [0.1, 0.15) is 26.3 Å². The molecule has 118 valence electrons. The number of rotatable bonds is 8. The maximum absolute atomic E-state index is 10.9. The maximum Gasteiger partial charge on any atom is 0.344 e. The van der Waals surface area contributed by atoms with Crippen LogP contribution in [0.15, 0.2) is 12.1 Å². The molecule has 6 heteroatoms. The predicted octanol–water partition coefficient (Wildman–Crippen LogP) is 2.95. The van der Waals surface area contributed by atoms with Crippen LogP contribution in [0.5, 0.6) is 11.5 Å². The van der Waals surface area contributed by atoms with Gasteiger partial charge in [-0.1, -0.05) is 25.4 Å². The van der Waals surface area contributed by atoms with E-state index in [0.29, 0.717) is 23.2 Å². The molecule has 0 aliphatic heterocycles. The fourth-order valence-corrected chi connectivity index (χ4v) is 2.00. The van der Waals surface area contributed by atoms with Gasteiger partial charge >= 0.3 is 5.97 Å². The van der Waals surface area contributed by atoms with Gasteiger partial charge in [-0.2, -0.15) is 0 Å². The molecule has 0 amide bonds. The fourth-order valence-electron chi connectivity index (χ4n) is 1.72. The molecule has 21 heavy (non-hydrogen) atoms. The molecule has 1 aromatic carbocycles. The molecule has 0 bridgehead atoms. The zero-order chi connectivity index (χ0) is 16.0. The van der Waals surface area contributed by atoms with E-state index in [9.17, 15) is 4.79 Å². The Balaban J connectivity index is 2.89. The summed E-state index contributed by atoms with van der Waals surface area (Å²) in [6.45, 7) is 7.25. The van der Waals surface area contributed by atoms with Crippen molar-refractivity contribution in [2.75, 3.05) is 13.7 Å². The molecule has 0 aromatic heterocycles. The number of ether oxygens (including phenoxy) is 2. The Kier molecular flexibility index (Phi) is 6.78. The van der Waals surface area contributed by atoms with E-state index in [4.69, 9.17) is 26.2 Å². The Hall–Kier alpha value is -1.46. The molecule has 0 aliphatic rings. The fraction of sp³-hybridized carbons (Fsp3) is 0.533. The third-order valence-corrected chi connectivity index (χ3v) is 3.09. The van der Waals surface area contributed by atoms with Crippen LogP contribution in [0.25, 0.3) is 0 Å². The highest BCUT2D eigenvalue weighted by molar-refractivity contribution is 6.32. The summed E-state index contributed by atoms with van der Waals surface area (Å²) in [5.74, 6) is 0.177. The number of carboxylic acids is 1. The molecule has 0 saturated carbocycles. The highest BCUT2D eigenvalue weighted by Crippen LogP contribution is 2.37. The van der Waals surface area contributed by atoms with E-state index in [1.807, 2.05) is 0 Å². The maximum atomic E-state index is 10.9. The largest absolute Gasteiger partial charge is 0.493 e. The highest BCUT2D eigenvalue weighted by atomic mass is 35.5. The lowest BCUT2D eigenvalue weighted by Gasteiger charge is -2.17. The number of carboxylic acid groups (broad SMARTS) is 1. The monoisotopic (exact) mass is 315 g/mol. The average molecular weight is 316 g/mol. The molecule has 5 nitrogen and oxygen atoms in total. The topological polar surface area (TPSA) is 67.8 Å². The lowest BCUT2D eigenvalue weighted by molar-refractivity contribution is -0.144. The minimum atomic E-state index is -1.06. The number of halogens is 1. The summed E-state index contributed by atoms with van der Waals surface area (Å²) in [5, 5.41) is 12.5. The Morgan fingerprint density at radius 2 is 2.05 bits per heavy atom. The normalized spacial score (nSPS) is 12.3. The van der Waals surface area contributed by atoms with E-state index in [1.165, 1.54) is 14.0 Å². The molecular weight excluding hydrogens is 294 g/mol. The van der Waals surface area contributed by atoms with Gasteiger partial charge in [-0.25, -0.2) is 4.79 Å². The van der Waals surface area contributed by atoms with Crippen LogP contribution >= 0.6 is 11.6 Å². The van der Waals surface area contributed by atoms with Gasteiger partial charge in [0.2, 0.25) is 0 Å². The van der Waals surface area contributed by atoms with Gasteiger partial charge in [-0.3, -0.25) is 0 Å². The molecule has 1 rings (SSSR count). The lowest BCUT2D eigenvalue weighted by atomic mass is 10.1. The molecule has 0 spiro atoms. The van der Waals surface area contributed by atoms with Crippen molar-refractivity contribution < 1.29 is 19.4 Å². The number of benzene rings is 1. The van der Waals surface area contributed by atoms with Crippen molar-refractivity contribution in [3.8, 4) is 11.5 Å². The number of carbonyl (C=O) groups is 1. The first kappa shape index (κ1) is 17.6. The van der Waals surface area contributed by atoms with Crippen molar-refractivity contribution in [2.45, 2.75) is 33.4 Å². The first-order chi connectivity index (χ1) is 9.85. The number of aliphatic carboxylic acids is 1. The van der Waals surface area contributed by atoms with Crippen LogP contribution < -0.4 is 14.8 Å². The van der Waals surface area contributed by atoms with Crippen molar-refractivity contribution in [1.29, 1.82) is 0 Å². The van der Waals surface area contributed by atoms with E-state index in [0.717, 1.165) is 12.1 Å². The van der Waals surface area contributed by atoms with Gasteiger partial charge in [-0.15, -0.1) is 0 Å². The molecule has 1 atom stereocenters. The van der Waals surface area contributed by atoms with E-state index in [2.05, 4.69) is 19.2 Å². The standard InChI is InChI=1S/C15H22ClNO4/c1-9(2)7-17-8-11-5-12(16)14(13(6-11)20-4)21-10(3)15(18)19/h5-6,9-10,17H,7-8H2,1-4H3,(H,18,19). The Bertz CT molecular complexity index is 491.